The van der Waals surface area contributed by atoms with E-state index in [0.717, 1.165) is 5.56 Å². The third-order valence-electron chi connectivity index (χ3n) is 2.86. The first-order valence-electron chi connectivity index (χ1n) is 6.10. The van der Waals surface area contributed by atoms with Gasteiger partial charge in [-0.2, -0.15) is 0 Å². The molecule has 2 amide bonds. The van der Waals surface area contributed by atoms with Crippen molar-refractivity contribution in [3.05, 3.63) is 69.2 Å². The van der Waals surface area contributed by atoms with Crippen LogP contribution in [0.25, 0.3) is 0 Å². The van der Waals surface area contributed by atoms with Crippen molar-refractivity contribution in [1.29, 1.82) is 0 Å². The Labute approximate surface area is 132 Å². The lowest BCUT2D eigenvalue weighted by atomic mass is 10.1. The van der Waals surface area contributed by atoms with E-state index in [1.807, 2.05) is 19.1 Å². The summed E-state index contributed by atoms with van der Waals surface area (Å²) in [6, 6.07) is 11.6. The number of rotatable bonds is 2. The van der Waals surface area contributed by atoms with Gasteiger partial charge in [0.1, 0.15) is 0 Å². The normalized spacial score (nSPS) is 10.0. The van der Waals surface area contributed by atoms with Gasteiger partial charge in [0.25, 0.3) is 11.8 Å². The van der Waals surface area contributed by atoms with E-state index in [2.05, 4.69) is 10.9 Å². The van der Waals surface area contributed by atoms with Gasteiger partial charge in [-0.3, -0.25) is 20.4 Å². The molecule has 2 aromatic rings. The van der Waals surface area contributed by atoms with Crippen molar-refractivity contribution in [2.75, 3.05) is 0 Å². The van der Waals surface area contributed by atoms with E-state index in [4.69, 9.17) is 23.2 Å². The van der Waals surface area contributed by atoms with Crippen molar-refractivity contribution < 1.29 is 9.59 Å². The zero-order valence-electron chi connectivity index (χ0n) is 11.1. The van der Waals surface area contributed by atoms with Crippen LogP contribution in [0.15, 0.2) is 42.5 Å². The molecule has 0 aliphatic carbocycles. The number of nitrogens with one attached hydrogen (secondary N) is 2. The minimum atomic E-state index is -0.515. The first-order valence-corrected chi connectivity index (χ1v) is 6.86. The monoisotopic (exact) mass is 322 g/mol. The van der Waals surface area contributed by atoms with E-state index in [0.29, 0.717) is 10.6 Å². The number of halogens is 2. The topological polar surface area (TPSA) is 58.2 Å². The quantitative estimate of drug-likeness (QED) is 0.833. The van der Waals surface area contributed by atoms with E-state index in [-0.39, 0.29) is 10.6 Å². The predicted octanol–water partition coefficient (Wildman–Crippen LogP) is 3.38. The standard InChI is InChI=1S/C15H12Cl2N2O2/c1-9-4-2-3-5-11(9)14(20)18-19-15(21)12-7-6-10(16)8-13(12)17/h2-8H,1H3,(H,18,20)(H,19,21). The van der Waals surface area contributed by atoms with E-state index in [9.17, 15) is 9.59 Å². The zero-order valence-corrected chi connectivity index (χ0v) is 12.6. The Morgan fingerprint density at radius 3 is 2.14 bits per heavy atom. The summed E-state index contributed by atoms with van der Waals surface area (Å²) in [5.74, 6) is -0.912. The van der Waals surface area contributed by atoms with Gasteiger partial charge in [-0.25, -0.2) is 0 Å². The largest absolute Gasteiger partial charge is 0.271 e. The number of benzene rings is 2. The summed E-state index contributed by atoms with van der Waals surface area (Å²) in [4.78, 5) is 23.9. The Hall–Kier alpha value is -2.04. The number of hydrogen-bond donors (Lipinski definition) is 2. The summed E-state index contributed by atoms with van der Waals surface area (Å²) in [5.41, 5.74) is 6.20. The molecular weight excluding hydrogens is 311 g/mol. The summed E-state index contributed by atoms with van der Waals surface area (Å²) >= 11 is 11.7. The van der Waals surface area contributed by atoms with Gasteiger partial charge in [0.2, 0.25) is 0 Å². The molecule has 21 heavy (non-hydrogen) atoms. The van der Waals surface area contributed by atoms with E-state index >= 15 is 0 Å². The molecule has 0 saturated carbocycles. The molecule has 6 heteroatoms. The SMILES string of the molecule is Cc1ccccc1C(=O)NNC(=O)c1ccc(Cl)cc1Cl. The minimum absolute atomic E-state index is 0.213. The van der Waals surface area contributed by atoms with Gasteiger partial charge in [-0.1, -0.05) is 41.4 Å². The average molecular weight is 323 g/mol. The third kappa shape index (κ3) is 3.74. The molecule has 0 spiro atoms. The van der Waals surface area contributed by atoms with Crippen LogP contribution in [0.3, 0.4) is 0 Å². The molecule has 0 fully saturated rings. The van der Waals surface area contributed by atoms with Crippen LogP contribution in [0, 0.1) is 6.92 Å². The molecule has 0 heterocycles. The molecule has 2 rings (SSSR count). The van der Waals surface area contributed by atoms with Crippen LogP contribution in [0.4, 0.5) is 0 Å². The summed E-state index contributed by atoms with van der Waals surface area (Å²) in [7, 11) is 0. The lowest BCUT2D eigenvalue weighted by Gasteiger charge is -2.10. The van der Waals surface area contributed by atoms with Crippen molar-refractivity contribution in [3.63, 3.8) is 0 Å². The summed E-state index contributed by atoms with van der Waals surface area (Å²) in [6.45, 7) is 1.81. The molecule has 0 aliphatic heterocycles. The number of hydrogen-bond acceptors (Lipinski definition) is 2. The summed E-state index contributed by atoms with van der Waals surface area (Å²) in [6.07, 6.45) is 0. The summed E-state index contributed by atoms with van der Waals surface area (Å²) in [5, 5.41) is 0.644. The van der Waals surface area contributed by atoms with Crippen molar-refractivity contribution >= 4 is 35.0 Å². The lowest BCUT2D eigenvalue weighted by Crippen LogP contribution is -2.42. The Morgan fingerprint density at radius 1 is 0.905 bits per heavy atom. The van der Waals surface area contributed by atoms with Gasteiger partial charge < -0.3 is 0 Å². The highest BCUT2D eigenvalue weighted by atomic mass is 35.5. The number of carbonyl (C=O) groups is 2. The van der Waals surface area contributed by atoms with Crippen LogP contribution in [0.1, 0.15) is 26.3 Å². The van der Waals surface area contributed by atoms with Gasteiger partial charge in [-0.15, -0.1) is 0 Å². The van der Waals surface area contributed by atoms with Crippen LogP contribution in [0.2, 0.25) is 10.0 Å². The molecule has 0 aromatic heterocycles. The van der Waals surface area contributed by atoms with Gasteiger partial charge in [0.05, 0.1) is 10.6 Å². The first kappa shape index (κ1) is 15.4. The molecule has 108 valence electrons. The fraction of sp³-hybridized carbons (Fsp3) is 0.0667. The maximum atomic E-state index is 12.0. The maximum absolute atomic E-state index is 12.0. The Morgan fingerprint density at radius 2 is 1.52 bits per heavy atom. The van der Waals surface area contributed by atoms with Crippen LogP contribution in [-0.4, -0.2) is 11.8 Å². The van der Waals surface area contributed by atoms with Crippen molar-refractivity contribution in [1.82, 2.24) is 10.9 Å². The molecule has 0 unspecified atom stereocenters. The number of hydrazine groups is 1. The van der Waals surface area contributed by atoms with Gasteiger partial charge in [0.15, 0.2) is 0 Å². The summed E-state index contributed by atoms with van der Waals surface area (Å²) < 4.78 is 0. The molecule has 0 saturated heterocycles. The van der Waals surface area contributed by atoms with Crippen LogP contribution in [-0.2, 0) is 0 Å². The van der Waals surface area contributed by atoms with Crippen LogP contribution in [0.5, 0.6) is 0 Å². The van der Waals surface area contributed by atoms with E-state index in [1.54, 1.807) is 18.2 Å². The molecule has 0 atom stereocenters. The Balaban J connectivity index is 2.04. The molecule has 0 radical (unpaired) electrons. The minimum Gasteiger partial charge on any atom is -0.267 e. The second-order valence-electron chi connectivity index (χ2n) is 4.35. The Bertz CT molecular complexity index is 702. The Kier molecular flexibility index (Phi) is 4.83. The second kappa shape index (κ2) is 6.61. The van der Waals surface area contributed by atoms with Gasteiger partial charge in [-0.05, 0) is 36.8 Å². The molecule has 2 N–H and O–H groups in total. The molecule has 2 aromatic carbocycles. The van der Waals surface area contributed by atoms with Crippen molar-refractivity contribution in [2.24, 2.45) is 0 Å². The zero-order chi connectivity index (χ0) is 15.4. The fourth-order valence-electron chi connectivity index (χ4n) is 1.75. The highest BCUT2D eigenvalue weighted by molar-refractivity contribution is 6.36. The van der Waals surface area contributed by atoms with E-state index < -0.39 is 11.8 Å². The molecule has 4 nitrogen and oxygen atoms in total. The number of carbonyl (C=O) groups excluding carboxylic acids is 2. The van der Waals surface area contributed by atoms with E-state index in [1.165, 1.54) is 12.1 Å². The number of aryl methyl sites for hydroxylation is 1. The smallest absolute Gasteiger partial charge is 0.267 e. The van der Waals surface area contributed by atoms with Gasteiger partial charge in [0, 0.05) is 10.6 Å². The highest BCUT2D eigenvalue weighted by Crippen LogP contribution is 2.20. The average Bonchev–Trinajstić information content (AvgIpc) is 2.45. The van der Waals surface area contributed by atoms with Crippen LogP contribution < -0.4 is 10.9 Å². The molecule has 0 aliphatic rings. The van der Waals surface area contributed by atoms with Crippen molar-refractivity contribution in [3.8, 4) is 0 Å². The molecular formula is C15H12Cl2N2O2. The predicted molar refractivity (Wildman–Crippen MR) is 82.6 cm³/mol. The second-order valence-corrected chi connectivity index (χ2v) is 5.19. The van der Waals surface area contributed by atoms with Crippen molar-refractivity contribution in [2.45, 2.75) is 6.92 Å². The first-order chi connectivity index (χ1) is 9.99. The highest BCUT2D eigenvalue weighted by Gasteiger charge is 2.13. The maximum Gasteiger partial charge on any atom is 0.271 e. The molecule has 0 bridgehead atoms. The third-order valence-corrected chi connectivity index (χ3v) is 3.40. The van der Waals surface area contributed by atoms with Gasteiger partial charge >= 0.3 is 0 Å². The number of amides is 2. The van der Waals surface area contributed by atoms with Crippen LogP contribution >= 0.6 is 23.2 Å². The lowest BCUT2D eigenvalue weighted by molar-refractivity contribution is 0.0846. The fourth-order valence-corrected chi connectivity index (χ4v) is 2.24.